The fourth-order valence-corrected chi connectivity index (χ4v) is 6.00. The van der Waals surface area contributed by atoms with Crippen molar-refractivity contribution in [3.05, 3.63) is 136 Å². The van der Waals surface area contributed by atoms with Crippen molar-refractivity contribution in [1.82, 2.24) is 25.1 Å². The normalized spacial score (nSPS) is 11.6. The van der Waals surface area contributed by atoms with Crippen LogP contribution in [-0.2, 0) is 19.5 Å². The van der Waals surface area contributed by atoms with Crippen LogP contribution in [-0.4, -0.2) is 53.0 Å². The minimum atomic E-state index is -0.218. The number of carbonyl (C=O) groups excluding carboxylic acids is 2. The lowest BCUT2D eigenvalue weighted by Gasteiger charge is -2.21. The molecular weight excluding hydrogens is 582 g/mol. The predicted molar refractivity (Wildman–Crippen MR) is 179 cm³/mol. The molecule has 45 heavy (non-hydrogen) atoms. The molecule has 2 aromatic heterocycles. The molecule has 2 heterocycles. The van der Waals surface area contributed by atoms with Crippen LogP contribution in [0.4, 0.5) is 0 Å². The fraction of sp³-hybridized carbons (Fsp3) is 0.250. The minimum Gasteiger partial charge on any atom is -0.497 e. The smallest absolute Gasteiger partial charge is 0.254 e. The van der Waals surface area contributed by atoms with Crippen LogP contribution in [0.15, 0.2) is 103 Å². The SMILES string of the molecule is COc1cccc(CNCC[C@H](Cc2ccccc2)NC(=O)c2cc(C(=O)N(C)Cc3nc(C)cs3)cc(-n3cccc3)c2)c1. The van der Waals surface area contributed by atoms with E-state index in [1.807, 2.05) is 89.9 Å². The second kappa shape index (κ2) is 15.3. The van der Waals surface area contributed by atoms with Crippen molar-refractivity contribution in [1.29, 1.82) is 0 Å². The largest absolute Gasteiger partial charge is 0.497 e. The average Bonchev–Trinajstić information content (AvgIpc) is 3.75. The van der Waals surface area contributed by atoms with Gasteiger partial charge < -0.3 is 24.8 Å². The van der Waals surface area contributed by atoms with Gasteiger partial charge in [-0.3, -0.25) is 9.59 Å². The van der Waals surface area contributed by atoms with Crippen LogP contribution in [0.1, 0.15) is 49.0 Å². The number of nitrogens with zero attached hydrogens (tertiary/aromatic N) is 3. The number of benzene rings is 3. The molecule has 9 heteroatoms. The fourth-order valence-electron chi connectivity index (χ4n) is 5.18. The Morgan fingerprint density at radius 3 is 2.44 bits per heavy atom. The average molecular weight is 622 g/mol. The number of aryl methyl sites for hydroxylation is 1. The number of carbonyl (C=O) groups is 2. The van der Waals surface area contributed by atoms with E-state index in [2.05, 4.69) is 33.8 Å². The number of thiazole rings is 1. The summed E-state index contributed by atoms with van der Waals surface area (Å²) in [5.74, 6) is 0.437. The number of amides is 2. The van der Waals surface area contributed by atoms with Gasteiger partial charge in [0.05, 0.1) is 13.7 Å². The number of nitrogens with one attached hydrogen (secondary N) is 2. The summed E-state index contributed by atoms with van der Waals surface area (Å²) in [5.41, 5.74) is 4.84. The summed E-state index contributed by atoms with van der Waals surface area (Å²) in [4.78, 5) is 33.6. The summed E-state index contributed by atoms with van der Waals surface area (Å²) in [5, 5.41) is 9.61. The molecule has 0 aliphatic carbocycles. The van der Waals surface area contributed by atoms with E-state index in [1.54, 1.807) is 25.1 Å². The molecule has 5 rings (SSSR count). The van der Waals surface area contributed by atoms with E-state index in [1.165, 1.54) is 11.3 Å². The van der Waals surface area contributed by atoms with Crippen LogP contribution in [0, 0.1) is 6.92 Å². The number of methoxy groups -OCH3 is 1. The van der Waals surface area contributed by atoms with E-state index in [9.17, 15) is 9.59 Å². The van der Waals surface area contributed by atoms with Crippen molar-refractivity contribution < 1.29 is 14.3 Å². The standard InChI is InChI=1S/C36H39N5O3S/c1-26-25-45-34(38-26)24-40(2)36(43)30-20-29(21-32(22-30)41-16-7-8-17-41)35(42)39-31(18-27-10-5-4-6-11-27)14-15-37-23-28-12-9-13-33(19-28)44-3/h4-13,16-17,19-22,25,31,37H,14-15,18,23-24H2,1-3H3,(H,39,42)/t31-/m1/s1. The first-order valence-electron chi connectivity index (χ1n) is 15.0. The number of rotatable bonds is 14. The lowest BCUT2D eigenvalue weighted by Crippen LogP contribution is -2.38. The second-order valence-electron chi connectivity index (χ2n) is 11.1. The first-order chi connectivity index (χ1) is 21.9. The summed E-state index contributed by atoms with van der Waals surface area (Å²) >= 11 is 1.53. The Morgan fingerprint density at radius 2 is 1.71 bits per heavy atom. The zero-order valence-corrected chi connectivity index (χ0v) is 26.7. The van der Waals surface area contributed by atoms with Gasteiger partial charge in [0.15, 0.2) is 0 Å². The topological polar surface area (TPSA) is 88.5 Å². The molecule has 0 aliphatic rings. The molecule has 0 aliphatic heterocycles. The van der Waals surface area contributed by atoms with Gasteiger partial charge in [-0.2, -0.15) is 0 Å². The molecule has 0 unspecified atom stereocenters. The van der Waals surface area contributed by atoms with Gasteiger partial charge in [-0.25, -0.2) is 4.98 Å². The third-order valence-electron chi connectivity index (χ3n) is 7.51. The number of ether oxygens (including phenoxy) is 1. The number of hydrogen-bond donors (Lipinski definition) is 2. The van der Waals surface area contributed by atoms with Gasteiger partial charge in [-0.1, -0.05) is 42.5 Å². The Labute approximate surface area is 268 Å². The molecule has 0 fully saturated rings. The Morgan fingerprint density at radius 1 is 0.956 bits per heavy atom. The molecule has 1 atom stereocenters. The molecule has 0 spiro atoms. The molecule has 3 aromatic carbocycles. The quantitative estimate of drug-likeness (QED) is 0.148. The summed E-state index contributed by atoms with van der Waals surface area (Å²) in [6.07, 6.45) is 5.22. The van der Waals surface area contributed by atoms with Crippen LogP contribution in [0.3, 0.4) is 0 Å². The Bertz CT molecular complexity index is 1700. The van der Waals surface area contributed by atoms with Crippen molar-refractivity contribution in [3.8, 4) is 11.4 Å². The summed E-state index contributed by atoms with van der Waals surface area (Å²) in [7, 11) is 3.42. The lowest BCUT2D eigenvalue weighted by atomic mass is 10.0. The number of hydrogen-bond acceptors (Lipinski definition) is 6. The molecular formula is C36H39N5O3S. The van der Waals surface area contributed by atoms with Gasteiger partial charge >= 0.3 is 0 Å². The molecule has 0 saturated carbocycles. The summed E-state index contributed by atoms with van der Waals surface area (Å²) in [6, 6.07) is 27.2. The van der Waals surface area contributed by atoms with Gasteiger partial charge in [0.1, 0.15) is 10.8 Å². The Hall–Kier alpha value is -4.73. The summed E-state index contributed by atoms with van der Waals surface area (Å²) < 4.78 is 7.25. The molecule has 2 amide bonds. The maximum Gasteiger partial charge on any atom is 0.254 e. The van der Waals surface area contributed by atoms with E-state index in [0.29, 0.717) is 37.2 Å². The van der Waals surface area contributed by atoms with Crippen LogP contribution < -0.4 is 15.4 Å². The molecule has 5 aromatic rings. The molecule has 0 saturated heterocycles. The molecule has 8 nitrogen and oxygen atoms in total. The van der Waals surface area contributed by atoms with Crippen molar-refractivity contribution in [2.24, 2.45) is 0 Å². The highest BCUT2D eigenvalue weighted by Gasteiger charge is 2.20. The molecule has 0 bridgehead atoms. The van der Waals surface area contributed by atoms with Gasteiger partial charge in [0, 0.05) is 59.9 Å². The van der Waals surface area contributed by atoms with E-state index in [0.717, 1.165) is 39.7 Å². The van der Waals surface area contributed by atoms with Crippen LogP contribution in [0.25, 0.3) is 5.69 Å². The van der Waals surface area contributed by atoms with Gasteiger partial charge in [-0.05, 0) is 79.9 Å². The van der Waals surface area contributed by atoms with Crippen molar-refractivity contribution in [2.75, 3.05) is 20.7 Å². The zero-order valence-electron chi connectivity index (χ0n) is 25.9. The third kappa shape index (κ3) is 8.90. The van der Waals surface area contributed by atoms with Crippen molar-refractivity contribution in [3.63, 3.8) is 0 Å². The van der Waals surface area contributed by atoms with Crippen LogP contribution in [0.2, 0.25) is 0 Å². The highest BCUT2D eigenvalue weighted by Crippen LogP contribution is 2.19. The first-order valence-corrected chi connectivity index (χ1v) is 15.9. The first kappa shape index (κ1) is 31.7. The van der Waals surface area contributed by atoms with E-state index < -0.39 is 0 Å². The Kier molecular flexibility index (Phi) is 10.8. The number of aromatic nitrogens is 2. The summed E-state index contributed by atoms with van der Waals surface area (Å²) in [6.45, 7) is 3.74. The molecule has 232 valence electrons. The van der Waals surface area contributed by atoms with E-state index in [-0.39, 0.29) is 17.9 Å². The van der Waals surface area contributed by atoms with Crippen LogP contribution in [0.5, 0.6) is 5.75 Å². The Balaban J connectivity index is 1.33. The van der Waals surface area contributed by atoms with Gasteiger partial charge in [0.25, 0.3) is 11.8 Å². The lowest BCUT2D eigenvalue weighted by molar-refractivity contribution is 0.0785. The van der Waals surface area contributed by atoms with Crippen molar-refractivity contribution in [2.45, 2.75) is 38.9 Å². The van der Waals surface area contributed by atoms with Crippen molar-refractivity contribution >= 4 is 23.2 Å². The maximum atomic E-state index is 13.8. The van der Waals surface area contributed by atoms with Crippen LogP contribution >= 0.6 is 11.3 Å². The van der Waals surface area contributed by atoms with E-state index >= 15 is 0 Å². The second-order valence-corrected chi connectivity index (χ2v) is 12.0. The predicted octanol–water partition coefficient (Wildman–Crippen LogP) is 6.04. The zero-order chi connectivity index (χ0) is 31.6. The third-order valence-corrected chi connectivity index (χ3v) is 8.46. The molecule has 0 radical (unpaired) electrons. The minimum absolute atomic E-state index is 0.122. The highest BCUT2D eigenvalue weighted by atomic mass is 32.1. The van der Waals surface area contributed by atoms with Gasteiger partial charge in [0.2, 0.25) is 0 Å². The monoisotopic (exact) mass is 621 g/mol. The van der Waals surface area contributed by atoms with E-state index in [4.69, 9.17) is 4.74 Å². The maximum absolute atomic E-state index is 13.8. The van der Waals surface area contributed by atoms with Gasteiger partial charge in [-0.15, -0.1) is 11.3 Å². The molecule has 2 N–H and O–H groups in total. The highest BCUT2D eigenvalue weighted by molar-refractivity contribution is 7.09.